The van der Waals surface area contributed by atoms with Gasteiger partial charge in [-0.3, -0.25) is 9.69 Å². The molecule has 0 radical (unpaired) electrons. The van der Waals surface area contributed by atoms with Gasteiger partial charge >= 0.3 is 0 Å². The summed E-state index contributed by atoms with van der Waals surface area (Å²) in [6, 6.07) is 20.0. The first-order valence-electron chi connectivity index (χ1n) is 13.2. The number of likely N-dealkylation sites (N-methyl/N-ethyl adjacent to an activating group) is 1. The van der Waals surface area contributed by atoms with Gasteiger partial charge < -0.3 is 4.90 Å². The molecule has 0 atom stereocenters. The highest BCUT2D eigenvalue weighted by atomic mass is 32.2. The van der Waals surface area contributed by atoms with Crippen LogP contribution in [0.15, 0.2) is 82.6 Å². The number of hydrogen-bond donors (Lipinski definition) is 0. The van der Waals surface area contributed by atoms with Crippen LogP contribution in [0.1, 0.15) is 29.8 Å². The number of carbonyl (C=O) groups excluding carboxylic acids is 1. The molecule has 0 saturated heterocycles. The number of hydrogen-bond acceptors (Lipinski definition) is 8. The van der Waals surface area contributed by atoms with Crippen LogP contribution >= 0.6 is 11.3 Å². The highest BCUT2D eigenvalue weighted by Crippen LogP contribution is 2.31. The predicted octanol–water partition coefficient (Wildman–Crippen LogP) is 4.51. The number of aromatic nitrogens is 1. The van der Waals surface area contributed by atoms with Crippen molar-refractivity contribution in [3.8, 4) is 0 Å². The normalized spacial score (nSPS) is 12.3. The lowest BCUT2D eigenvalue weighted by molar-refractivity contribution is 0.0983. The van der Waals surface area contributed by atoms with E-state index >= 15 is 0 Å². The van der Waals surface area contributed by atoms with E-state index in [4.69, 9.17) is 0 Å². The summed E-state index contributed by atoms with van der Waals surface area (Å²) in [6.07, 6.45) is 1.15. The minimum absolute atomic E-state index is 0.0930. The second-order valence-electron chi connectivity index (χ2n) is 9.65. The maximum Gasteiger partial charge on any atom is 0.260 e. The number of fused-ring (bicyclic) bond motifs is 1. The van der Waals surface area contributed by atoms with Gasteiger partial charge in [0.05, 0.1) is 20.0 Å². The molecule has 0 bridgehead atoms. The lowest BCUT2D eigenvalue weighted by atomic mass is 10.2. The first-order valence-corrected chi connectivity index (χ1v) is 17.3. The Labute approximate surface area is 246 Å². The summed E-state index contributed by atoms with van der Waals surface area (Å²) in [5, 5.41) is 0.446. The van der Waals surface area contributed by atoms with E-state index < -0.39 is 19.9 Å². The van der Waals surface area contributed by atoms with Gasteiger partial charge in [-0.2, -0.15) is 4.31 Å². The summed E-state index contributed by atoms with van der Waals surface area (Å²) < 4.78 is 52.4. The third-order valence-corrected chi connectivity index (χ3v) is 10.8. The second-order valence-corrected chi connectivity index (χ2v) is 14.7. The average Bonchev–Trinajstić information content (AvgIpc) is 3.38. The summed E-state index contributed by atoms with van der Waals surface area (Å²) in [4.78, 5) is 22.5. The monoisotopic (exact) mass is 614 g/mol. The Morgan fingerprint density at radius 2 is 1.49 bits per heavy atom. The maximum atomic E-state index is 13.8. The molecule has 218 valence electrons. The van der Waals surface area contributed by atoms with Crippen LogP contribution in [0.25, 0.3) is 10.2 Å². The van der Waals surface area contributed by atoms with Crippen molar-refractivity contribution >= 4 is 52.5 Å². The summed E-state index contributed by atoms with van der Waals surface area (Å²) in [5.74, 6) is -0.318. The van der Waals surface area contributed by atoms with Gasteiger partial charge in [0.2, 0.25) is 10.0 Å². The molecular formula is C29H34N4O5S3. The molecule has 4 rings (SSSR count). The Hall–Kier alpha value is -3.16. The van der Waals surface area contributed by atoms with E-state index in [9.17, 15) is 21.6 Å². The molecule has 0 N–H and O–H groups in total. The fourth-order valence-electron chi connectivity index (χ4n) is 4.33. The number of anilines is 1. The molecular weight excluding hydrogens is 581 g/mol. The maximum absolute atomic E-state index is 13.8. The van der Waals surface area contributed by atoms with Gasteiger partial charge in [-0.05, 0) is 61.1 Å². The van der Waals surface area contributed by atoms with Gasteiger partial charge in [0.25, 0.3) is 5.91 Å². The van der Waals surface area contributed by atoms with E-state index in [1.165, 1.54) is 53.0 Å². The van der Waals surface area contributed by atoms with Crippen LogP contribution in [0.4, 0.5) is 5.13 Å². The molecule has 0 saturated carbocycles. The number of benzene rings is 3. The zero-order chi connectivity index (χ0) is 29.8. The fraction of sp³-hybridized carbons (Fsp3) is 0.310. The van der Waals surface area contributed by atoms with E-state index in [0.29, 0.717) is 34.0 Å². The van der Waals surface area contributed by atoms with E-state index in [2.05, 4.69) is 9.88 Å². The number of carbonyl (C=O) groups is 1. The molecule has 0 fully saturated rings. The van der Waals surface area contributed by atoms with Gasteiger partial charge in [-0.25, -0.2) is 21.8 Å². The quantitative estimate of drug-likeness (QED) is 0.231. The Kier molecular flexibility index (Phi) is 9.60. The van der Waals surface area contributed by atoms with Crippen LogP contribution in [0.3, 0.4) is 0 Å². The Morgan fingerprint density at radius 1 is 0.854 bits per heavy atom. The number of rotatable bonds is 12. The predicted molar refractivity (Wildman–Crippen MR) is 164 cm³/mol. The van der Waals surface area contributed by atoms with Crippen LogP contribution in [0.5, 0.6) is 0 Å². The number of amides is 1. The molecule has 12 heteroatoms. The van der Waals surface area contributed by atoms with Crippen LogP contribution in [-0.2, 0) is 26.4 Å². The molecule has 1 heterocycles. The Balaban J connectivity index is 1.62. The minimum atomic E-state index is -3.77. The summed E-state index contributed by atoms with van der Waals surface area (Å²) >= 11 is 1.25. The average molecular weight is 615 g/mol. The Morgan fingerprint density at radius 3 is 2.10 bits per heavy atom. The summed E-state index contributed by atoms with van der Waals surface area (Å²) in [6.45, 7) is 6.93. The zero-order valence-electron chi connectivity index (χ0n) is 23.5. The highest BCUT2D eigenvalue weighted by molar-refractivity contribution is 7.90. The molecule has 0 spiro atoms. The van der Waals surface area contributed by atoms with Crippen molar-refractivity contribution in [1.29, 1.82) is 0 Å². The molecule has 4 aromatic rings. The number of nitrogens with zero attached hydrogens (tertiary/aromatic N) is 4. The molecule has 9 nitrogen and oxygen atoms in total. The van der Waals surface area contributed by atoms with Crippen molar-refractivity contribution < 1.29 is 21.6 Å². The smallest absolute Gasteiger partial charge is 0.260 e. The first kappa shape index (κ1) is 30.8. The van der Waals surface area contributed by atoms with E-state index in [0.717, 1.165) is 24.9 Å². The first-order chi connectivity index (χ1) is 19.4. The number of sulfone groups is 1. The van der Waals surface area contributed by atoms with Gasteiger partial charge in [0.15, 0.2) is 15.0 Å². The second kappa shape index (κ2) is 12.8. The molecule has 1 aromatic heterocycles. The van der Waals surface area contributed by atoms with Crippen LogP contribution in [0, 0.1) is 0 Å². The van der Waals surface area contributed by atoms with Gasteiger partial charge in [0, 0.05) is 38.5 Å². The van der Waals surface area contributed by atoms with E-state index in [1.54, 1.807) is 17.0 Å². The minimum Gasteiger partial charge on any atom is -0.302 e. The van der Waals surface area contributed by atoms with Crippen molar-refractivity contribution in [3.05, 3.63) is 83.9 Å². The van der Waals surface area contributed by atoms with Crippen molar-refractivity contribution in [2.45, 2.75) is 30.2 Å². The van der Waals surface area contributed by atoms with Crippen LogP contribution < -0.4 is 4.90 Å². The highest BCUT2D eigenvalue weighted by Gasteiger charge is 2.25. The van der Waals surface area contributed by atoms with E-state index in [1.807, 2.05) is 44.2 Å². The third-order valence-electron chi connectivity index (χ3n) is 6.84. The van der Waals surface area contributed by atoms with Gasteiger partial charge in [-0.1, -0.05) is 55.5 Å². The van der Waals surface area contributed by atoms with Crippen molar-refractivity contribution in [3.63, 3.8) is 0 Å². The molecule has 3 aromatic carbocycles. The molecule has 0 aliphatic rings. The molecule has 0 aliphatic carbocycles. The molecule has 0 unspecified atom stereocenters. The standard InChI is InChI=1S/C29H34N4O5S3/c1-5-32(6-2)18-19-33(29-30-26-17-16-25(40(4,35)36)20-27(26)39-29)28(34)23-12-14-24(15-13-23)41(37,38)31(3)21-22-10-8-7-9-11-22/h7-17,20H,5-6,18-19,21H2,1-4H3. The molecule has 1 amide bonds. The van der Waals surface area contributed by atoms with Crippen molar-refractivity contribution in [2.75, 3.05) is 44.4 Å². The lowest BCUT2D eigenvalue weighted by Gasteiger charge is -2.25. The van der Waals surface area contributed by atoms with Gasteiger partial charge in [0.1, 0.15) is 0 Å². The van der Waals surface area contributed by atoms with Crippen molar-refractivity contribution in [2.24, 2.45) is 0 Å². The number of sulfonamides is 1. The Bertz CT molecular complexity index is 1720. The largest absolute Gasteiger partial charge is 0.302 e. The topological polar surface area (TPSA) is 108 Å². The zero-order valence-corrected chi connectivity index (χ0v) is 26.0. The lowest BCUT2D eigenvalue weighted by Crippen LogP contribution is -2.38. The van der Waals surface area contributed by atoms with E-state index in [-0.39, 0.29) is 22.2 Å². The summed E-state index contributed by atoms with van der Waals surface area (Å²) in [7, 11) is -5.64. The molecule has 41 heavy (non-hydrogen) atoms. The fourth-order valence-corrected chi connectivity index (χ4v) is 7.24. The van der Waals surface area contributed by atoms with Gasteiger partial charge in [-0.15, -0.1) is 0 Å². The SMILES string of the molecule is CCN(CC)CCN(C(=O)c1ccc(S(=O)(=O)N(C)Cc2ccccc2)cc1)c1nc2ccc(S(C)(=O)=O)cc2s1. The van der Waals surface area contributed by atoms with Crippen LogP contribution in [-0.4, -0.2) is 76.4 Å². The number of thiazole rings is 1. The third kappa shape index (κ3) is 7.19. The molecule has 0 aliphatic heterocycles. The summed E-state index contributed by atoms with van der Waals surface area (Å²) in [5.41, 5.74) is 1.79. The van der Waals surface area contributed by atoms with Crippen LogP contribution in [0.2, 0.25) is 0 Å². The van der Waals surface area contributed by atoms with Crippen molar-refractivity contribution in [1.82, 2.24) is 14.2 Å².